The van der Waals surface area contributed by atoms with Crippen LogP contribution in [0.2, 0.25) is 0 Å². The Labute approximate surface area is 86.8 Å². The van der Waals surface area contributed by atoms with E-state index in [-0.39, 0.29) is 26.2 Å². The molecule has 12 heavy (non-hydrogen) atoms. The van der Waals surface area contributed by atoms with Gasteiger partial charge in [0.1, 0.15) is 0 Å². The summed E-state index contributed by atoms with van der Waals surface area (Å²) in [6, 6.07) is 0. The van der Waals surface area contributed by atoms with Crippen molar-refractivity contribution in [3.8, 4) is 0 Å². The van der Waals surface area contributed by atoms with Crippen LogP contribution < -0.4 is 18.9 Å². The van der Waals surface area contributed by atoms with Gasteiger partial charge in [-0.2, -0.15) is 0 Å². The normalized spacial score (nSPS) is 19.1. The topological polar surface area (TPSA) is 40.5 Å². The first-order valence-electron chi connectivity index (χ1n) is 4.19. The summed E-state index contributed by atoms with van der Waals surface area (Å²) in [5.74, 6) is -0.810. The van der Waals surface area contributed by atoms with E-state index in [0.29, 0.717) is 0 Å². The van der Waals surface area contributed by atoms with Crippen LogP contribution in [0.25, 0.3) is 0 Å². The number of aliphatic carboxylic acids is 1. The van der Waals surface area contributed by atoms with Gasteiger partial charge in [0.25, 0.3) is 0 Å². The summed E-state index contributed by atoms with van der Waals surface area (Å²) >= 11 is 0. The van der Waals surface area contributed by atoms with Crippen molar-refractivity contribution >= 4 is 5.97 Å². The third kappa shape index (κ3) is 3.18. The summed E-state index contributed by atoms with van der Waals surface area (Å²) in [6.45, 7) is 4.85. The number of hydrogen-bond donors (Lipinski definition) is 1. The zero-order chi connectivity index (χ0) is 8.27. The molecule has 1 saturated heterocycles. The van der Waals surface area contributed by atoms with E-state index >= 15 is 0 Å². The molecule has 0 amide bonds. The predicted octanol–water partition coefficient (Wildman–Crippen LogP) is -2.08. The van der Waals surface area contributed by atoms with Gasteiger partial charge < -0.3 is 11.4 Å². The Morgan fingerprint density at radius 1 is 1.67 bits per heavy atom. The Balaban J connectivity index is 0. The molecule has 0 aromatic heterocycles. The van der Waals surface area contributed by atoms with Gasteiger partial charge in [0.05, 0.1) is 5.92 Å². The second-order valence-electron chi connectivity index (χ2n) is 3.10. The van der Waals surface area contributed by atoms with E-state index in [9.17, 15) is 4.79 Å². The third-order valence-electron chi connectivity index (χ3n) is 2.27. The average Bonchev–Trinajstić information content (AvgIpc) is 1.85. The molecule has 0 unspecified atom stereocenters. The Hall–Kier alpha value is 0.0274. The quantitative estimate of drug-likeness (QED) is 0.486. The molecule has 1 aliphatic rings. The molecular formula is C8H16LiNO2. The standard InChI is InChI=1S/C8H15NO2.Li.H/c1-2-7(8(10)11)6-9-4-3-5-9;;/h7H,2-6H2,1H3,(H,10,11);;/q;+1;-1/t7-;;/m0../s1. The smallest absolute Gasteiger partial charge is 1.00 e. The van der Waals surface area contributed by atoms with Crippen LogP contribution in [-0.4, -0.2) is 35.6 Å². The molecule has 66 valence electrons. The maximum Gasteiger partial charge on any atom is 1.00 e. The maximum atomic E-state index is 10.6. The van der Waals surface area contributed by atoms with Crippen molar-refractivity contribution in [2.45, 2.75) is 19.8 Å². The number of carbonyl (C=O) groups is 1. The van der Waals surface area contributed by atoms with Crippen LogP contribution in [0.15, 0.2) is 0 Å². The van der Waals surface area contributed by atoms with E-state index < -0.39 is 5.97 Å². The Bertz CT molecular complexity index is 153. The molecule has 1 N–H and O–H groups in total. The molecule has 4 heteroatoms. The number of hydrogen-bond acceptors (Lipinski definition) is 2. The summed E-state index contributed by atoms with van der Waals surface area (Å²) in [5, 5.41) is 8.72. The molecule has 1 fully saturated rings. The van der Waals surface area contributed by atoms with Crippen LogP contribution in [0, 0.1) is 5.92 Å². The van der Waals surface area contributed by atoms with Crippen molar-refractivity contribution in [1.29, 1.82) is 0 Å². The molecule has 0 radical (unpaired) electrons. The fraction of sp³-hybridized carbons (Fsp3) is 0.875. The Kier molecular flexibility index (Phi) is 5.65. The summed E-state index contributed by atoms with van der Waals surface area (Å²) in [7, 11) is 0. The van der Waals surface area contributed by atoms with Crippen LogP contribution in [0.3, 0.4) is 0 Å². The van der Waals surface area contributed by atoms with Gasteiger partial charge >= 0.3 is 24.8 Å². The zero-order valence-electron chi connectivity index (χ0n) is 8.92. The second-order valence-corrected chi connectivity index (χ2v) is 3.10. The number of carboxylic acids is 1. The van der Waals surface area contributed by atoms with Gasteiger partial charge in [-0.25, -0.2) is 0 Å². The van der Waals surface area contributed by atoms with Gasteiger partial charge in [0.2, 0.25) is 0 Å². The van der Waals surface area contributed by atoms with Crippen LogP contribution in [0.4, 0.5) is 0 Å². The van der Waals surface area contributed by atoms with E-state index in [0.717, 1.165) is 26.1 Å². The van der Waals surface area contributed by atoms with Crippen LogP contribution in [0.1, 0.15) is 21.2 Å². The van der Waals surface area contributed by atoms with Gasteiger partial charge in [-0.3, -0.25) is 4.79 Å². The molecule has 3 nitrogen and oxygen atoms in total. The first kappa shape index (κ1) is 12.0. The van der Waals surface area contributed by atoms with Crippen molar-refractivity contribution in [2.75, 3.05) is 19.6 Å². The van der Waals surface area contributed by atoms with Crippen molar-refractivity contribution < 1.29 is 30.2 Å². The molecule has 0 aliphatic carbocycles. The van der Waals surface area contributed by atoms with Gasteiger partial charge in [0, 0.05) is 6.54 Å². The first-order chi connectivity index (χ1) is 5.24. The Morgan fingerprint density at radius 3 is 2.50 bits per heavy atom. The average molecular weight is 165 g/mol. The number of rotatable bonds is 4. The number of nitrogens with zero attached hydrogens (tertiary/aromatic N) is 1. The van der Waals surface area contributed by atoms with Crippen LogP contribution >= 0.6 is 0 Å². The molecule has 1 rings (SSSR count). The summed E-state index contributed by atoms with van der Waals surface area (Å²) < 4.78 is 0. The largest absolute Gasteiger partial charge is 1.00 e. The van der Waals surface area contributed by atoms with Gasteiger partial charge in [-0.15, -0.1) is 0 Å². The minimum absolute atomic E-state index is 0. The van der Waals surface area contributed by atoms with Crippen molar-refractivity contribution in [3.05, 3.63) is 0 Å². The molecular weight excluding hydrogens is 149 g/mol. The minimum atomic E-state index is -0.653. The van der Waals surface area contributed by atoms with E-state index in [1.54, 1.807) is 0 Å². The van der Waals surface area contributed by atoms with E-state index in [1.807, 2.05) is 6.92 Å². The predicted molar refractivity (Wildman–Crippen MR) is 43.6 cm³/mol. The number of carboxylic acid groups (broad SMARTS) is 1. The van der Waals surface area contributed by atoms with Crippen LogP contribution in [0.5, 0.6) is 0 Å². The van der Waals surface area contributed by atoms with Crippen molar-refractivity contribution in [2.24, 2.45) is 5.92 Å². The van der Waals surface area contributed by atoms with Gasteiger partial charge in [0.15, 0.2) is 0 Å². The second kappa shape index (κ2) is 5.64. The van der Waals surface area contributed by atoms with E-state index in [1.165, 1.54) is 6.42 Å². The monoisotopic (exact) mass is 165 g/mol. The molecule has 1 aliphatic heterocycles. The molecule has 1 heterocycles. The van der Waals surface area contributed by atoms with E-state index in [4.69, 9.17) is 5.11 Å². The number of likely N-dealkylation sites (tertiary alicyclic amines) is 1. The summed E-state index contributed by atoms with van der Waals surface area (Å²) in [5.41, 5.74) is 0. The van der Waals surface area contributed by atoms with Gasteiger partial charge in [-0.1, -0.05) is 6.92 Å². The fourth-order valence-corrected chi connectivity index (χ4v) is 1.26. The summed E-state index contributed by atoms with van der Waals surface area (Å²) in [6.07, 6.45) is 1.97. The first-order valence-corrected chi connectivity index (χ1v) is 4.19. The molecule has 0 bridgehead atoms. The summed E-state index contributed by atoms with van der Waals surface area (Å²) in [4.78, 5) is 12.8. The molecule has 1 atom stereocenters. The Morgan fingerprint density at radius 2 is 2.25 bits per heavy atom. The SMILES string of the molecule is CC[C@@H](CN1CCC1)C(=O)O.[H-].[Li+]. The molecule has 0 spiro atoms. The maximum absolute atomic E-state index is 10.6. The molecule has 0 aromatic carbocycles. The third-order valence-corrected chi connectivity index (χ3v) is 2.27. The molecule has 0 aromatic rings. The van der Waals surface area contributed by atoms with Crippen molar-refractivity contribution in [1.82, 2.24) is 4.90 Å². The van der Waals surface area contributed by atoms with E-state index in [2.05, 4.69) is 4.90 Å². The fourth-order valence-electron chi connectivity index (χ4n) is 1.26. The molecule has 0 saturated carbocycles. The van der Waals surface area contributed by atoms with Gasteiger partial charge in [-0.05, 0) is 25.9 Å². The minimum Gasteiger partial charge on any atom is -1.00 e. The zero-order valence-corrected chi connectivity index (χ0v) is 7.92. The van der Waals surface area contributed by atoms with Crippen LogP contribution in [-0.2, 0) is 4.79 Å². The van der Waals surface area contributed by atoms with Crippen molar-refractivity contribution in [3.63, 3.8) is 0 Å².